The van der Waals surface area contributed by atoms with Gasteiger partial charge in [0.25, 0.3) is 0 Å². The number of rotatable bonds is 10. The number of hydrazine groups is 1. The van der Waals surface area contributed by atoms with Crippen LogP contribution in [0, 0.1) is 17.6 Å². The molecule has 208 valence electrons. The Morgan fingerprint density at radius 3 is 2.56 bits per heavy atom. The molecule has 0 radical (unpaired) electrons. The lowest BCUT2D eigenvalue weighted by atomic mass is 9.85. The molecule has 39 heavy (non-hydrogen) atoms. The van der Waals surface area contributed by atoms with Gasteiger partial charge in [0.05, 0.1) is 13.2 Å². The van der Waals surface area contributed by atoms with Crippen molar-refractivity contribution in [3.8, 4) is 0 Å². The average molecular weight is 544 g/mol. The number of carbonyl (C=O) groups excluding carboxylic acids is 4. The molecule has 2 aliphatic rings. The lowest BCUT2D eigenvalue weighted by Crippen LogP contribution is -2.65. The van der Waals surface area contributed by atoms with Gasteiger partial charge in [-0.2, -0.15) is 0 Å². The van der Waals surface area contributed by atoms with Gasteiger partial charge in [-0.3, -0.25) is 19.6 Å². The topological polar surface area (TPSA) is 112 Å². The second kappa shape index (κ2) is 12.7. The van der Waals surface area contributed by atoms with Crippen LogP contribution in [0.1, 0.15) is 42.5 Å². The highest BCUT2D eigenvalue weighted by Gasteiger charge is 2.49. The largest absolute Gasteiger partial charge is 0.469 e. The lowest BCUT2D eigenvalue weighted by Gasteiger charge is -2.46. The summed E-state index contributed by atoms with van der Waals surface area (Å²) in [6.45, 7) is 2.48. The zero-order valence-corrected chi connectivity index (χ0v) is 21.5. The van der Waals surface area contributed by atoms with Crippen LogP contribution in [0.15, 0.2) is 42.6 Å². The average Bonchev–Trinajstić information content (AvgIpc) is 2.97. The van der Waals surface area contributed by atoms with Crippen molar-refractivity contribution in [2.45, 2.75) is 37.3 Å². The van der Waals surface area contributed by atoms with Crippen LogP contribution in [0.5, 0.6) is 0 Å². The fourth-order valence-electron chi connectivity index (χ4n) is 5.36. The van der Waals surface area contributed by atoms with E-state index >= 15 is 0 Å². The van der Waals surface area contributed by atoms with Crippen LogP contribution in [-0.4, -0.2) is 83.9 Å². The number of urea groups is 1. The molecule has 2 fully saturated rings. The van der Waals surface area contributed by atoms with Crippen LogP contribution < -0.4 is 5.32 Å². The smallest absolute Gasteiger partial charge is 0.337 e. The molecule has 3 unspecified atom stereocenters. The SMILES string of the molecule is COC(=O)C1C(C=O)NC(=O)N(N(C=O)CCCN2CCC(c3ccccn3)CC2)C1c1ccc(F)c(F)c1. The Kier molecular flexibility index (Phi) is 9.18. The number of aromatic nitrogens is 1. The molecule has 0 aliphatic carbocycles. The predicted octanol–water partition coefficient (Wildman–Crippen LogP) is 2.43. The Balaban J connectivity index is 1.48. The number of amides is 3. The van der Waals surface area contributed by atoms with Gasteiger partial charge >= 0.3 is 12.0 Å². The number of hydrogen-bond donors (Lipinski definition) is 1. The van der Waals surface area contributed by atoms with Gasteiger partial charge in [-0.15, -0.1) is 0 Å². The zero-order valence-electron chi connectivity index (χ0n) is 21.5. The van der Waals surface area contributed by atoms with Crippen LogP contribution in [0.2, 0.25) is 0 Å². The summed E-state index contributed by atoms with van der Waals surface area (Å²) in [6, 6.07) is 5.40. The first kappa shape index (κ1) is 28.1. The van der Waals surface area contributed by atoms with Crippen molar-refractivity contribution in [2.24, 2.45) is 5.92 Å². The number of methoxy groups -OCH3 is 1. The molecule has 1 aromatic carbocycles. The van der Waals surface area contributed by atoms with Gasteiger partial charge in [-0.25, -0.2) is 18.6 Å². The molecule has 3 heterocycles. The van der Waals surface area contributed by atoms with Gasteiger partial charge in [-0.05, 0) is 68.7 Å². The second-order valence-corrected chi connectivity index (χ2v) is 9.62. The third-order valence-electron chi connectivity index (χ3n) is 7.35. The van der Waals surface area contributed by atoms with Gasteiger partial charge in [0.2, 0.25) is 6.41 Å². The Bertz CT molecular complexity index is 1180. The summed E-state index contributed by atoms with van der Waals surface area (Å²) in [5.41, 5.74) is 1.12. The fourth-order valence-corrected chi connectivity index (χ4v) is 5.36. The Morgan fingerprint density at radius 1 is 1.18 bits per heavy atom. The maximum absolute atomic E-state index is 14.2. The lowest BCUT2D eigenvalue weighted by molar-refractivity contribution is -0.159. The molecule has 3 atom stereocenters. The van der Waals surface area contributed by atoms with E-state index in [0.29, 0.717) is 31.6 Å². The molecule has 2 aromatic rings. The van der Waals surface area contributed by atoms with Crippen LogP contribution in [-0.2, 0) is 19.1 Å². The minimum Gasteiger partial charge on any atom is -0.469 e. The molecule has 12 heteroatoms. The van der Waals surface area contributed by atoms with E-state index in [9.17, 15) is 28.0 Å². The van der Waals surface area contributed by atoms with Gasteiger partial charge in [-0.1, -0.05) is 12.1 Å². The molecule has 0 saturated carbocycles. The van der Waals surface area contributed by atoms with Gasteiger partial charge in [0.15, 0.2) is 11.6 Å². The summed E-state index contributed by atoms with van der Waals surface area (Å²) >= 11 is 0. The van der Waals surface area contributed by atoms with Crippen LogP contribution >= 0.6 is 0 Å². The molecular weight excluding hydrogens is 512 g/mol. The van der Waals surface area contributed by atoms with Crippen molar-refractivity contribution in [2.75, 3.05) is 33.3 Å². The van der Waals surface area contributed by atoms with Crippen molar-refractivity contribution < 1.29 is 32.7 Å². The number of carbonyl (C=O) groups is 4. The third kappa shape index (κ3) is 6.22. The second-order valence-electron chi connectivity index (χ2n) is 9.62. The number of halogens is 2. The highest BCUT2D eigenvalue weighted by atomic mass is 19.2. The molecule has 0 spiro atoms. The first-order chi connectivity index (χ1) is 18.9. The van der Waals surface area contributed by atoms with Crippen molar-refractivity contribution in [3.05, 3.63) is 65.5 Å². The number of nitrogens with one attached hydrogen (secondary N) is 1. The highest BCUT2D eigenvalue weighted by molar-refractivity contribution is 5.88. The molecule has 3 amide bonds. The van der Waals surface area contributed by atoms with E-state index in [1.165, 1.54) is 6.07 Å². The Hall–Kier alpha value is -3.93. The minimum absolute atomic E-state index is 0.0365. The summed E-state index contributed by atoms with van der Waals surface area (Å²) < 4.78 is 32.8. The van der Waals surface area contributed by atoms with Crippen LogP contribution in [0.4, 0.5) is 13.6 Å². The number of pyridine rings is 1. The molecule has 0 bridgehead atoms. The number of hydrogen-bond acceptors (Lipinski definition) is 7. The number of esters is 1. The molecule has 10 nitrogen and oxygen atoms in total. The first-order valence-corrected chi connectivity index (χ1v) is 12.8. The fraction of sp³-hybridized carbons (Fsp3) is 0.444. The number of ether oxygens (including phenoxy) is 1. The number of benzene rings is 1. The van der Waals surface area contributed by atoms with E-state index in [-0.39, 0.29) is 12.1 Å². The van der Waals surface area contributed by atoms with E-state index in [1.807, 2.05) is 18.2 Å². The summed E-state index contributed by atoms with van der Waals surface area (Å²) in [7, 11) is 1.11. The predicted molar refractivity (Wildman–Crippen MR) is 135 cm³/mol. The summed E-state index contributed by atoms with van der Waals surface area (Å²) in [4.78, 5) is 56.5. The Morgan fingerprint density at radius 2 is 1.95 bits per heavy atom. The first-order valence-electron chi connectivity index (χ1n) is 12.8. The zero-order chi connectivity index (χ0) is 27.9. The number of nitrogens with zero attached hydrogens (tertiary/aromatic N) is 4. The highest BCUT2D eigenvalue weighted by Crippen LogP contribution is 2.36. The third-order valence-corrected chi connectivity index (χ3v) is 7.35. The minimum atomic E-state index is -1.32. The molecule has 1 N–H and O–H groups in total. The monoisotopic (exact) mass is 543 g/mol. The molecular formula is C27H31F2N5O5. The van der Waals surface area contributed by atoms with Crippen LogP contribution in [0.3, 0.4) is 0 Å². The quantitative estimate of drug-likeness (QED) is 0.362. The summed E-state index contributed by atoms with van der Waals surface area (Å²) in [6.07, 6.45) is 5.02. The maximum atomic E-state index is 14.2. The van der Waals surface area contributed by atoms with Crippen molar-refractivity contribution >= 4 is 24.7 Å². The van der Waals surface area contributed by atoms with E-state index in [2.05, 4.69) is 15.2 Å². The van der Waals surface area contributed by atoms with E-state index in [1.54, 1.807) is 6.20 Å². The number of likely N-dealkylation sites (tertiary alicyclic amines) is 1. The Labute approximate surface area is 224 Å². The summed E-state index contributed by atoms with van der Waals surface area (Å²) in [5.74, 6) is -4.09. The molecule has 2 saturated heterocycles. The van der Waals surface area contributed by atoms with E-state index < -0.39 is 41.6 Å². The van der Waals surface area contributed by atoms with E-state index in [4.69, 9.17) is 4.74 Å². The van der Waals surface area contributed by atoms with Crippen molar-refractivity contribution in [1.82, 2.24) is 25.2 Å². The number of aldehydes is 1. The molecule has 4 rings (SSSR count). The standard InChI is InChI=1S/C27H31F2N5O5/c1-39-26(37)24-23(16-35)31-27(38)34(25(24)19-6-7-20(28)21(29)15-19)33(17-36)12-4-11-32-13-8-18(9-14-32)22-5-2-3-10-30-22/h2-3,5-7,10,15-18,23-25H,4,8-9,11-14H2,1H3,(H,31,38). The van der Waals surface area contributed by atoms with Gasteiger partial charge < -0.3 is 19.7 Å². The van der Waals surface area contributed by atoms with Gasteiger partial charge in [0, 0.05) is 24.4 Å². The van der Waals surface area contributed by atoms with Crippen LogP contribution in [0.25, 0.3) is 0 Å². The van der Waals surface area contributed by atoms with Gasteiger partial charge in [0.1, 0.15) is 18.2 Å². The van der Waals surface area contributed by atoms with Crippen molar-refractivity contribution in [1.29, 1.82) is 0 Å². The maximum Gasteiger partial charge on any atom is 0.337 e. The molecule has 1 aromatic heterocycles. The summed E-state index contributed by atoms with van der Waals surface area (Å²) in [5, 5.41) is 4.49. The normalized spacial score (nSPS) is 22.2. The number of piperidine rings is 1. The molecule has 2 aliphatic heterocycles. The van der Waals surface area contributed by atoms with E-state index in [0.717, 1.165) is 60.9 Å². The van der Waals surface area contributed by atoms with Crippen molar-refractivity contribution in [3.63, 3.8) is 0 Å².